The summed E-state index contributed by atoms with van der Waals surface area (Å²) in [7, 11) is 0. The maximum absolute atomic E-state index is 12.7. The molecule has 0 aliphatic carbocycles. The molecule has 31 heavy (non-hydrogen) atoms. The first-order valence-corrected chi connectivity index (χ1v) is 10.2. The summed E-state index contributed by atoms with van der Waals surface area (Å²) in [5, 5.41) is 22.6. The second-order valence-corrected chi connectivity index (χ2v) is 7.46. The van der Waals surface area contributed by atoms with Crippen molar-refractivity contribution in [1.82, 2.24) is 9.55 Å². The Kier molecular flexibility index (Phi) is 6.73. The first kappa shape index (κ1) is 21.6. The van der Waals surface area contributed by atoms with E-state index in [0.717, 1.165) is 12.8 Å². The molecule has 2 fully saturated rings. The molecule has 0 spiro atoms. The van der Waals surface area contributed by atoms with E-state index in [1.165, 1.54) is 16.8 Å². The minimum atomic E-state index is -1.15. The zero-order chi connectivity index (χ0) is 21.8. The Hall–Kier alpha value is -2.63. The first-order valence-electron chi connectivity index (χ1n) is 10.2. The van der Waals surface area contributed by atoms with E-state index in [2.05, 4.69) is 10.3 Å². The molecule has 2 saturated heterocycles. The van der Waals surface area contributed by atoms with Crippen molar-refractivity contribution in [1.29, 1.82) is 0 Å². The molecule has 1 aromatic carbocycles. The van der Waals surface area contributed by atoms with Crippen LogP contribution < -0.4 is 11.0 Å². The number of carbonyl (C=O) groups excluding carboxylic acids is 1. The van der Waals surface area contributed by atoms with Crippen molar-refractivity contribution >= 4 is 11.7 Å². The van der Waals surface area contributed by atoms with Crippen molar-refractivity contribution in [3.05, 3.63) is 58.6 Å². The molecule has 2 aliphatic rings. The van der Waals surface area contributed by atoms with Gasteiger partial charge in [-0.2, -0.15) is 4.98 Å². The number of nitrogens with zero attached hydrogens (tertiary/aromatic N) is 2. The van der Waals surface area contributed by atoms with Crippen LogP contribution in [0.3, 0.4) is 0 Å². The maximum atomic E-state index is 12.7. The third-order valence-electron chi connectivity index (χ3n) is 5.32. The molecule has 2 aromatic rings. The number of hydrogen-bond donors (Lipinski definition) is 3. The topological polar surface area (TPSA) is 132 Å². The molecular weight excluding hydrogens is 406 g/mol. The molecule has 1 amide bonds. The second kappa shape index (κ2) is 9.67. The zero-order valence-corrected chi connectivity index (χ0v) is 16.8. The van der Waals surface area contributed by atoms with Gasteiger partial charge in [0, 0.05) is 18.4 Å². The van der Waals surface area contributed by atoms with Gasteiger partial charge in [-0.05, 0) is 37.5 Å². The van der Waals surface area contributed by atoms with E-state index in [1.807, 2.05) is 0 Å². The number of ether oxygens (including phenoxy) is 3. The fourth-order valence-electron chi connectivity index (χ4n) is 3.69. The standard InChI is InChI=1S/C21H25N3O7/c25-12-14-17(26)18(31-16-8-4-5-11-29-16)20(30-14)24-10-9-15(23-21(24)28)22-19(27)13-6-2-1-3-7-13/h1-3,6-7,9-10,14,16-18,20,25-26H,4-5,8,11-12H2,(H,22,23,27,28)/t14-,16?,17-,18-,20-/m1/s1. The molecule has 1 aromatic heterocycles. The number of aliphatic hydroxyl groups excluding tert-OH is 2. The number of carbonyl (C=O) groups is 1. The van der Waals surface area contributed by atoms with Gasteiger partial charge in [-0.15, -0.1) is 0 Å². The summed E-state index contributed by atoms with van der Waals surface area (Å²) in [6.07, 6.45) is -0.576. The van der Waals surface area contributed by atoms with Gasteiger partial charge in [0.1, 0.15) is 24.1 Å². The Morgan fingerprint density at radius 3 is 2.74 bits per heavy atom. The molecule has 10 nitrogen and oxygen atoms in total. The average Bonchev–Trinajstić information content (AvgIpc) is 3.10. The number of benzene rings is 1. The van der Waals surface area contributed by atoms with Crippen LogP contribution >= 0.6 is 0 Å². The monoisotopic (exact) mass is 431 g/mol. The molecule has 166 valence electrons. The molecule has 3 heterocycles. The van der Waals surface area contributed by atoms with Gasteiger partial charge < -0.3 is 29.7 Å². The number of anilines is 1. The van der Waals surface area contributed by atoms with Crippen molar-refractivity contribution in [2.24, 2.45) is 0 Å². The summed E-state index contributed by atoms with van der Waals surface area (Å²) in [5.41, 5.74) is -0.262. The van der Waals surface area contributed by atoms with E-state index in [9.17, 15) is 19.8 Å². The fraction of sp³-hybridized carbons (Fsp3) is 0.476. The van der Waals surface area contributed by atoms with Crippen LogP contribution in [0, 0.1) is 0 Å². The number of rotatable bonds is 6. The van der Waals surface area contributed by atoms with Crippen LogP contribution in [0.4, 0.5) is 5.82 Å². The Bertz CT molecular complexity index is 945. The van der Waals surface area contributed by atoms with Crippen molar-refractivity contribution in [3.63, 3.8) is 0 Å². The largest absolute Gasteiger partial charge is 0.394 e. The van der Waals surface area contributed by atoms with Crippen molar-refractivity contribution in [3.8, 4) is 0 Å². The fourth-order valence-corrected chi connectivity index (χ4v) is 3.69. The summed E-state index contributed by atoms with van der Waals surface area (Å²) in [6, 6.07) is 10.0. The molecule has 0 saturated carbocycles. The highest BCUT2D eigenvalue weighted by atomic mass is 16.7. The lowest BCUT2D eigenvalue weighted by Crippen LogP contribution is -2.41. The van der Waals surface area contributed by atoms with Crippen molar-refractivity contribution in [2.75, 3.05) is 18.5 Å². The van der Waals surface area contributed by atoms with Crippen LogP contribution in [0.5, 0.6) is 0 Å². The Labute approximate surface area is 178 Å². The lowest BCUT2D eigenvalue weighted by atomic mass is 10.1. The van der Waals surface area contributed by atoms with Gasteiger partial charge in [-0.1, -0.05) is 18.2 Å². The first-order chi connectivity index (χ1) is 15.1. The van der Waals surface area contributed by atoms with Gasteiger partial charge in [-0.3, -0.25) is 9.36 Å². The average molecular weight is 431 g/mol. The van der Waals surface area contributed by atoms with E-state index in [4.69, 9.17) is 14.2 Å². The van der Waals surface area contributed by atoms with E-state index in [0.29, 0.717) is 18.6 Å². The van der Waals surface area contributed by atoms with Crippen molar-refractivity contribution < 1.29 is 29.2 Å². The minimum absolute atomic E-state index is 0.0837. The Morgan fingerprint density at radius 2 is 2.06 bits per heavy atom. The number of amides is 1. The third-order valence-corrected chi connectivity index (χ3v) is 5.32. The normalized spacial score (nSPS) is 28.4. The molecule has 10 heteroatoms. The van der Waals surface area contributed by atoms with Gasteiger partial charge in [0.25, 0.3) is 5.91 Å². The van der Waals surface area contributed by atoms with E-state index in [1.54, 1.807) is 30.3 Å². The van der Waals surface area contributed by atoms with Crippen LogP contribution in [0.1, 0.15) is 35.8 Å². The van der Waals surface area contributed by atoms with Crippen LogP contribution in [0.15, 0.2) is 47.4 Å². The smallest absolute Gasteiger partial charge is 0.351 e. The molecule has 1 unspecified atom stereocenters. The summed E-state index contributed by atoms with van der Waals surface area (Å²) in [4.78, 5) is 28.9. The molecule has 2 aliphatic heterocycles. The SMILES string of the molecule is O=C(Nc1ccn([C@@H]2O[C@H](CO)[C@@H](O)[C@H]2OC2CCCCO2)c(=O)n1)c1ccccc1. The molecule has 4 rings (SSSR count). The zero-order valence-electron chi connectivity index (χ0n) is 16.8. The Morgan fingerprint density at radius 1 is 1.26 bits per heavy atom. The quantitative estimate of drug-likeness (QED) is 0.608. The highest BCUT2D eigenvalue weighted by Gasteiger charge is 2.47. The maximum Gasteiger partial charge on any atom is 0.351 e. The Balaban J connectivity index is 1.52. The molecule has 0 radical (unpaired) electrons. The van der Waals surface area contributed by atoms with Crippen LogP contribution in [-0.4, -0.2) is 63.5 Å². The van der Waals surface area contributed by atoms with Gasteiger partial charge in [0.2, 0.25) is 0 Å². The lowest BCUT2D eigenvalue weighted by molar-refractivity contribution is -0.215. The van der Waals surface area contributed by atoms with Gasteiger partial charge in [0.15, 0.2) is 12.5 Å². The summed E-state index contributed by atoms with van der Waals surface area (Å²) in [5.74, 6) is -0.311. The number of aromatic nitrogens is 2. The molecule has 0 bridgehead atoms. The summed E-state index contributed by atoms with van der Waals surface area (Å²) in [6.45, 7) is 0.121. The van der Waals surface area contributed by atoms with Crippen molar-refractivity contribution in [2.45, 2.75) is 50.1 Å². The van der Waals surface area contributed by atoms with Crippen LogP contribution in [-0.2, 0) is 14.2 Å². The highest BCUT2D eigenvalue weighted by Crippen LogP contribution is 2.33. The lowest BCUT2D eigenvalue weighted by Gasteiger charge is -2.29. The van der Waals surface area contributed by atoms with Gasteiger partial charge in [-0.25, -0.2) is 4.79 Å². The summed E-state index contributed by atoms with van der Waals surface area (Å²) >= 11 is 0. The molecular formula is C21H25N3O7. The van der Waals surface area contributed by atoms with Crippen LogP contribution in [0.25, 0.3) is 0 Å². The van der Waals surface area contributed by atoms with Gasteiger partial charge in [0.05, 0.1) is 6.61 Å². The summed E-state index contributed by atoms with van der Waals surface area (Å²) < 4.78 is 18.3. The minimum Gasteiger partial charge on any atom is -0.394 e. The predicted molar refractivity (Wildman–Crippen MR) is 108 cm³/mol. The van der Waals surface area contributed by atoms with Gasteiger partial charge >= 0.3 is 5.69 Å². The second-order valence-electron chi connectivity index (χ2n) is 7.46. The molecule has 5 atom stereocenters. The molecule has 3 N–H and O–H groups in total. The van der Waals surface area contributed by atoms with E-state index >= 15 is 0 Å². The number of nitrogens with one attached hydrogen (secondary N) is 1. The highest BCUT2D eigenvalue weighted by molar-refractivity contribution is 6.03. The van der Waals surface area contributed by atoms with E-state index in [-0.39, 0.29) is 5.82 Å². The van der Waals surface area contributed by atoms with E-state index < -0.39 is 49.0 Å². The third kappa shape index (κ3) is 4.83. The predicted octanol–water partition coefficient (Wildman–Crippen LogP) is 0.658. The number of aliphatic hydroxyl groups is 2. The number of hydrogen-bond acceptors (Lipinski definition) is 8. The van der Waals surface area contributed by atoms with Crippen LogP contribution in [0.2, 0.25) is 0 Å².